The molecule has 3 aliphatic rings. The minimum absolute atomic E-state index is 0.102. The molecule has 27 heavy (non-hydrogen) atoms. The Bertz CT molecular complexity index is 610. The molecule has 0 aromatic rings. The molecule has 0 spiro atoms. The number of amides is 2. The Morgan fingerprint density at radius 1 is 1.15 bits per heavy atom. The van der Waals surface area contributed by atoms with Gasteiger partial charge in [-0.25, -0.2) is 14.8 Å². The van der Waals surface area contributed by atoms with E-state index in [1.54, 1.807) is 18.9 Å². The molecule has 1 unspecified atom stereocenters. The maximum Gasteiger partial charge on any atom is 0.341 e. The fourth-order valence-corrected chi connectivity index (χ4v) is 5.96. The molecule has 1 saturated carbocycles. The summed E-state index contributed by atoms with van der Waals surface area (Å²) in [6.45, 7) is 7.76. The van der Waals surface area contributed by atoms with Crippen molar-refractivity contribution in [2.75, 3.05) is 32.5 Å². The molecule has 9 heteroatoms. The monoisotopic (exact) mass is 400 g/mol. The van der Waals surface area contributed by atoms with Crippen LogP contribution in [0.2, 0.25) is 0 Å². The van der Waals surface area contributed by atoms with Crippen LogP contribution < -0.4 is 0 Å². The smallest absolute Gasteiger partial charge is 0.309 e. The molecule has 0 bridgehead atoms. The summed E-state index contributed by atoms with van der Waals surface area (Å²) in [6, 6.07) is 0.0748. The number of amidine groups is 1. The van der Waals surface area contributed by atoms with Crippen LogP contribution in [0, 0.1) is 5.41 Å². The van der Waals surface area contributed by atoms with Crippen molar-refractivity contribution >= 4 is 19.5 Å². The van der Waals surface area contributed by atoms with E-state index in [1.165, 1.54) is 6.42 Å². The van der Waals surface area contributed by atoms with E-state index in [2.05, 4.69) is 0 Å². The zero-order chi connectivity index (χ0) is 19.7. The predicted octanol–water partition coefficient (Wildman–Crippen LogP) is 3.68. The number of urea groups is 1. The molecule has 0 aromatic carbocycles. The molecule has 8 nitrogen and oxygen atoms in total. The number of carbonyl (C=O) groups is 1. The van der Waals surface area contributed by atoms with Gasteiger partial charge in [0.1, 0.15) is 11.4 Å². The van der Waals surface area contributed by atoms with Crippen molar-refractivity contribution < 1.29 is 18.4 Å². The van der Waals surface area contributed by atoms with Crippen molar-refractivity contribution in [1.82, 2.24) is 14.9 Å². The zero-order valence-corrected chi connectivity index (χ0v) is 17.7. The second-order valence-corrected chi connectivity index (χ2v) is 9.94. The normalized spacial score (nSPS) is 27.7. The third-order valence-corrected chi connectivity index (χ3v) is 7.77. The van der Waals surface area contributed by atoms with Crippen LogP contribution >= 0.6 is 7.60 Å². The van der Waals surface area contributed by atoms with Gasteiger partial charge in [-0.05, 0) is 52.9 Å². The Morgan fingerprint density at radius 2 is 1.74 bits per heavy atom. The zero-order valence-electron chi connectivity index (χ0n) is 16.8. The van der Waals surface area contributed by atoms with Gasteiger partial charge in [-0.2, -0.15) is 0 Å². The molecule has 1 aliphatic carbocycles. The van der Waals surface area contributed by atoms with E-state index in [0.29, 0.717) is 25.5 Å². The first-order valence-electron chi connectivity index (χ1n) is 10.2. The van der Waals surface area contributed by atoms with Crippen LogP contribution in [0.4, 0.5) is 4.79 Å². The van der Waals surface area contributed by atoms with Crippen molar-refractivity contribution in [3.63, 3.8) is 0 Å². The van der Waals surface area contributed by atoms with Gasteiger partial charge in [0.2, 0.25) is 0 Å². The number of hydrazine groups is 1. The van der Waals surface area contributed by atoms with Crippen LogP contribution in [0.1, 0.15) is 59.3 Å². The maximum absolute atomic E-state index is 13.2. The number of hydrogen-bond acceptors (Lipinski definition) is 6. The lowest BCUT2D eigenvalue weighted by atomic mass is 9.96. The van der Waals surface area contributed by atoms with Gasteiger partial charge in [0.25, 0.3) is 0 Å². The summed E-state index contributed by atoms with van der Waals surface area (Å²) in [5.41, 5.74) is -0.778. The molecular weight excluding hydrogens is 367 g/mol. The van der Waals surface area contributed by atoms with Crippen LogP contribution in [0.5, 0.6) is 0 Å². The molecule has 3 fully saturated rings. The summed E-state index contributed by atoms with van der Waals surface area (Å²) in [5, 5.41) is 12.4. The Labute approximate surface area is 162 Å². The summed E-state index contributed by atoms with van der Waals surface area (Å²) in [4.78, 5) is 15.1. The first kappa shape index (κ1) is 20.8. The Kier molecular flexibility index (Phi) is 6.31. The highest BCUT2D eigenvalue weighted by atomic mass is 31.2. The lowest BCUT2D eigenvalue weighted by molar-refractivity contribution is 0.0511. The van der Waals surface area contributed by atoms with E-state index in [-0.39, 0.29) is 18.2 Å². The van der Waals surface area contributed by atoms with Gasteiger partial charge in [0.15, 0.2) is 0 Å². The quantitative estimate of drug-likeness (QED) is 0.597. The first-order chi connectivity index (χ1) is 12.9. The molecule has 0 aromatic heterocycles. The SMILES string of the molecule is CCOP(=O)(CCC1(C)C(=N)N(N2CCCCC2)C(=O)N1C1CC1)OCC. The number of piperidine rings is 1. The topological polar surface area (TPSA) is 86.2 Å². The van der Waals surface area contributed by atoms with E-state index in [1.807, 2.05) is 16.8 Å². The highest BCUT2D eigenvalue weighted by molar-refractivity contribution is 7.53. The number of carbonyl (C=O) groups excluding carboxylic acids is 1. The average molecular weight is 400 g/mol. The Balaban J connectivity index is 1.81. The van der Waals surface area contributed by atoms with Gasteiger partial charge in [0.05, 0.1) is 19.4 Å². The molecule has 0 radical (unpaired) electrons. The van der Waals surface area contributed by atoms with Crippen LogP contribution in [-0.4, -0.2) is 70.8 Å². The van der Waals surface area contributed by atoms with E-state index in [0.717, 1.165) is 38.8 Å². The van der Waals surface area contributed by atoms with Crippen LogP contribution in [-0.2, 0) is 13.6 Å². The lowest BCUT2D eigenvalue weighted by Crippen LogP contribution is -2.50. The van der Waals surface area contributed by atoms with Crippen molar-refractivity contribution in [1.29, 1.82) is 5.41 Å². The minimum atomic E-state index is -3.22. The van der Waals surface area contributed by atoms with Gasteiger partial charge in [-0.15, -0.1) is 0 Å². The standard InChI is InChI=1S/C18H33N4O4P/c1-4-25-27(24,26-5-2)14-11-18(3)16(19)22(20-12-7-6-8-13-20)17(23)21(18)15-9-10-15/h15,19H,4-14H2,1-3H3. The summed E-state index contributed by atoms with van der Waals surface area (Å²) < 4.78 is 23.8. The highest BCUT2D eigenvalue weighted by Crippen LogP contribution is 2.51. The Hall–Kier alpha value is -0.950. The van der Waals surface area contributed by atoms with Gasteiger partial charge in [-0.1, -0.05) is 6.42 Å². The summed E-state index contributed by atoms with van der Waals surface area (Å²) in [6.07, 6.45) is 5.80. The lowest BCUT2D eigenvalue weighted by Gasteiger charge is -2.35. The summed E-state index contributed by atoms with van der Waals surface area (Å²) >= 11 is 0. The fraction of sp³-hybridized carbons (Fsp3) is 0.889. The maximum atomic E-state index is 13.2. The average Bonchev–Trinajstić information content (AvgIpc) is 3.44. The Morgan fingerprint density at radius 3 is 2.26 bits per heavy atom. The van der Waals surface area contributed by atoms with Crippen molar-refractivity contribution in [2.45, 2.75) is 70.9 Å². The van der Waals surface area contributed by atoms with E-state index in [9.17, 15) is 9.36 Å². The molecule has 2 amide bonds. The van der Waals surface area contributed by atoms with Crippen LogP contribution in [0.15, 0.2) is 0 Å². The molecule has 2 heterocycles. The molecule has 1 N–H and O–H groups in total. The molecule has 2 aliphatic heterocycles. The third-order valence-electron chi connectivity index (χ3n) is 5.69. The van der Waals surface area contributed by atoms with E-state index < -0.39 is 13.1 Å². The summed E-state index contributed by atoms with van der Waals surface area (Å²) in [7, 11) is -3.22. The third kappa shape index (κ3) is 4.09. The second-order valence-electron chi connectivity index (χ2n) is 7.75. The largest absolute Gasteiger partial charge is 0.341 e. The predicted molar refractivity (Wildman–Crippen MR) is 104 cm³/mol. The van der Waals surface area contributed by atoms with Crippen molar-refractivity contribution in [3.05, 3.63) is 0 Å². The molecule has 1 atom stereocenters. The van der Waals surface area contributed by atoms with Crippen molar-refractivity contribution in [3.8, 4) is 0 Å². The minimum Gasteiger partial charge on any atom is -0.309 e. The first-order valence-corrected chi connectivity index (χ1v) is 11.9. The van der Waals surface area contributed by atoms with Crippen LogP contribution in [0.3, 0.4) is 0 Å². The molecule has 3 rings (SSSR count). The number of nitrogens with zero attached hydrogens (tertiary/aromatic N) is 3. The molecule has 154 valence electrons. The second kappa shape index (κ2) is 8.19. The van der Waals surface area contributed by atoms with Crippen molar-refractivity contribution in [2.24, 2.45) is 0 Å². The summed E-state index contributed by atoms with van der Waals surface area (Å²) in [5.74, 6) is 0.292. The molecular formula is C18H33N4O4P. The highest BCUT2D eigenvalue weighted by Gasteiger charge is 2.58. The van der Waals surface area contributed by atoms with Crippen LogP contribution in [0.25, 0.3) is 0 Å². The fourth-order valence-electron chi connectivity index (χ4n) is 4.14. The van der Waals surface area contributed by atoms with Gasteiger partial charge >= 0.3 is 13.6 Å². The number of nitrogens with one attached hydrogen (secondary N) is 1. The van der Waals surface area contributed by atoms with E-state index >= 15 is 0 Å². The number of rotatable bonds is 9. The number of hydrogen-bond donors (Lipinski definition) is 1. The van der Waals surface area contributed by atoms with Gasteiger partial charge < -0.3 is 13.9 Å². The van der Waals surface area contributed by atoms with Gasteiger partial charge in [0, 0.05) is 19.1 Å². The van der Waals surface area contributed by atoms with E-state index in [4.69, 9.17) is 14.5 Å². The van der Waals surface area contributed by atoms with Gasteiger partial charge in [-0.3, -0.25) is 9.97 Å². The molecule has 2 saturated heterocycles.